The number of rotatable bonds is 10. The van der Waals surface area contributed by atoms with Gasteiger partial charge in [-0.25, -0.2) is 24.0 Å². The Hall–Kier alpha value is -7.56. The summed E-state index contributed by atoms with van der Waals surface area (Å²) in [6, 6.07) is 0. The van der Waals surface area contributed by atoms with E-state index >= 15 is 0 Å². The van der Waals surface area contributed by atoms with E-state index in [9.17, 15) is 77.0 Å². The van der Waals surface area contributed by atoms with Gasteiger partial charge < -0.3 is 80.5 Å². The first kappa shape index (κ1) is 109. The zero-order chi connectivity index (χ0) is 87.7. The number of aliphatic hydroxyl groups is 1. The van der Waals surface area contributed by atoms with E-state index in [1.807, 2.05) is 83.1 Å². The second kappa shape index (κ2) is 43.7. The van der Waals surface area contributed by atoms with Gasteiger partial charge in [-0.15, -0.1) is 0 Å². The number of carboxylic acid groups (broad SMARTS) is 1. The topological polar surface area (TPSA) is 489 Å². The van der Waals surface area contributed by atoms with Crippen LogP contribution in [0.2, 0.25) is 0 Å². The van der Waals surface area contributed by atoms with Gasteiger partial charge in [0.15, 0.2) is 39.0 Å². The SMILES string of the molecule is CC1(C)CC(=O)CC(=O)C1.CC1(C)CC(=O)c2c(C(=O)O)c[nH]c2C1.CC1(C)CC(=O)c2c(C([NH-])=O)c[nH]c2C1.CCOC(=O)C1(O)COC2=C1C(=O)CC(C)(C)C2.CCOC(=O)c1c[nH]c2c1C(=O)CC(C)(C)C2.CCOC(=O)c1coc2c1C(=O)CC(C)(C)C2.CCOC(=O)n1cc(C([NH-])=O)c2c1CC(C)(C)CC2=O.ClC(Cl)Cl.[NH2-].[W].[W].[W]. The number of nitrogens with one attached hydrogen (secondary N) is 5. The van der Waals surface area contributed by atoms with Crippen molar-refractivity contribution in [1.29, 1.82) is 0 Å². The van der Waals surface area contributed by atoms with Gasteiger partial charge in [-0.3, -0.25) is 42.9 Å². The summed E-state index contributed by atoms with van der Waals surface area (Å²) in [6.07, 6.45) is 14.1. The van der Waals surface area contributed by atoms with Crippen LogP contribution in [0.25, 0.3) is 17.6 Å². The number of allylic oxidation sites excluding steroid dienone is 1. The number of aromatic carboxylic acids is 1. The van der Waals surface area contributed by atoms with Gasteiger partial charge in [0, 0.05) is 197 Å². The smallest absolute Gasteiger partial charge is 0.418 e. The number of esters is 3. The number of carboxylic acids is 1. The Labute approximate surface area is 756 Å². The number of nitrogens with two attached hydrogens (primary N) is 1. The number of hydrogen-bond acceptors (Lipinski definition) is 22. The standard InChI is InChI=1S/C14H18N2O4.C13H17NO3.C13H18O5.C13H16O4.C11H14N2O2.C11H13NO3.C8H12O2.CHCl3.H2N.3W/c1-4-20-13(19)16-7-8(12(15)18)11-9(16)5-14(2,3)6-10(11)17;1-4-17-12(16)8-7-14-9-5-13(2,3)6-10(15)11(8)9;1-4-17-11(15)13(16)7-18-9-6-12(2,3)5-8(14)10(9)13;1-4-16-12(15)8-7-17-10-6-13(2,3)5-9(14)11(8)10;1-11(2)3-7-9(8(14)4-11)6(5-13-7)10(12)15;1-11(2)3-7-9(8(13)4-11)6(5-12-7)10(14)15;1-8(2)4-6(9)3-7(10)5-8;2-1(3)4;;;;/h7H,4-6H2,1-3H3,(H2,15,18);7,14H,4-6H2,1-3H3;16H,4-7H2,1-3H3;7H,4-6H2,1-3H3;5H,3-4H2,1-2H3,(H3,12,13,14,15);5,12H,3-4H2,1-2H3,(H,14,15);3-5H2,1-2H3;1H;1H2;;;/q;;;;;;;;-1;;;/p-2. The number of fused-ring (bicyclic) bond motifs is 5. The van der Waals surface area contributed by atoms with Crippen LogP contribution < -0.4 is 0 Å². The Bertz CT molecular complexity index is 4540. The first-order valence-corrected chi connectivity index (χ1v) is 39.4. The molecule has 660 valence electrons. The summed E-state index contributed by atoms with van der Waals surface area (Å²) >= 11 is 14.4. The predicted molar refractivity (Wildman–Crippen MR) is 433 cm³/mol. The van der Waals surface area contributed by atoms with Crippen LogP contribution in [0.1, 0.15) is 321 Å². The average molecular weight is 2240 g/mol. The molecule has 30 nitrogen and oxygen atoms in total. The first-order chi connectivity index (χ1) is 53.5. The molecule has 6 heterocycles. The van der Waals surface area contributed by atoms with E-state index in [0.717, 1.165) is 36.3 Å². The molecular formula is C84H109Cl3N7O23W3-3. The van der Waals surface area contributed by atoms with Gasteiger partial charge in [0.2, 0.25) is 5.60 Å². The van der Waals surface area contributed by atoms with Crippen LogP contribution in [0.5, 0.6) is 0 Å². The molecule has 1 aliphatic heterocycles. The first-order valence-electron chi connectivity index (χ1n) is 38.1. The molecule has 9 N–H and O–H groups in total. The molecule has 7 aliphatic carbocycles. The second-order valence-corrected chi connectivity index (χ2v) is 37.3. The number of ether oxygens (including phenoxy) is 5. The van der Waals surface area contributed by atoms with Crippen molar-refractivity contribution in [2.45, 2.75) is 231 Å². The number of ketones is 8. The molecule has 36 heteroatoms. The molecule has 0 radical (unpaired) electrons. The fourth-order valence-electron chi connectivity index (χ4n) is 15.5. The zero-order valence-corrected chi connectivity index (χ0v) is 82.0. The van der Waals surface area contributed by atoms with Crippen LogP contribution in [0.4, 0.5) is 4.79 Å². The van der Waals surface area contributed by atoms with Crippen molar-refractivity contribution in [2.24, 2.45) is 37.9 Å². The normalized spacial score (nSPS) is 19.3. The number of amides is 2. The van der Waals surface area contributed by atoms with Gasteiger partial charge in [0.05, 0.1) is 78.1 Å². The number of alkyl halides is 3. The van der Waals surface area contributed by atoms with E-state index in [1.54, 1.807) is 33.9 Å². The minimum atomic E-state index is -1.92. The summed E-state index contributed by atoms with van der Waals surface area (Å²) < 4.78 is 30.7. The Morgan fingerprint density at radius 1 is 0.458 bits per heavy atom. The number of carbonyl (C=O) groups excluding carboxylic acids is 14. The minimum Gasteiger partial charge on any atom is -0.693 e. The Kier molecular flexibility index (Phi) is 39.5. The number of H-pyrrole nitrogens is 3. The predicted octanol–water partition coefficient (Wildman–Crippen LogP) is 17.0. The summed E-state index contributed by atoms with van der Waals surface area (Å²) in [5, 5.41) is 19.3. The Morgan fingerprint density at radius 2 is 0.808 bits per heavy atom. The van der Waals surface area contributed by atoms with E-state index < -0.39 is 51.7 Å². The number of hydrogen-bond donors (Lipinski definition) is 5. The Balaban J connectivity index is 0.000000471. The van der Waals surface area contributed by atoms with Crippen LogP contribution in [-0.4, -0.2) is 161 Å². The molecule has 5 aromatic rings. The molecule has 1 fully saturated rings. The summed E-state index contributed by atoms with van der Waals surface area (Å²) in [5.41, 5.74) is 17.4. The fourth-order valence-corrected chi connectivity index (χ4v) is 15.5. The third-order valence-corrected chi connectivity index (χ3v) is 19.9. The summed E-state index contributed by atoms with van der Waals surface area (Å²) in [5.74, 6) is -3.79. The molecule has 1 saturated carbocycles. The largest absolute Gasteiger partial charge is 0.693 e. The van der Waals surface area contributed by atoms with Crippen LogP contribution in [0.3, 0.4) is 0 Å². The van der Waals surface area contributed by atoms with Crippen molar-refractivity contribution >= 4 is 123 Å². The summed E-state index contributed by atoms with van der Waals surface area (Å²) in [7, 11) is 0. The summed E-state index contributed by atoms with van der Waals surface area (Å²) in [4.78, 5) is 183. The van der Waals surface area contributed by atoms with Gasteiger partial charge in [0.1, 0.15) is 41.5 Å². The van der Waals surface area contributed by atoms with Crippen molar-refractivity contribution in [3.63, 3.8) is 0 Å². The molecule has 1 atom stereocenters. The second-order valence-electron chi connectivity index (χ2n) is 35.3. The molecule has 1 unspecified atom stereocenters. The van der Waals surface area contributed by atoms with Crippen molar-refractivity contribution in [2.75, 3.05) is 33.0 Å². The summed E-state index contributed by atoms with van der Waals surface area (Å²) in [6.45, 7) is 35.5. The van der Waals surface area contributed by atoms with E-state index in [0.29, 0.717) is 129 Å². The van der Waals surface area contributed by atoms with Gasteiger partial charge in [-0.2, -0.15) is 0 Å². The molecule has 0 saturated heterocycles. The molecule has 5 aromatic heterocycles. The van der Waals surface area contributed by atoms with Crippen molar-refractivity contribution in [3.8, 4) is 0 Å². The van der Waals surface area contributed by atoms with E-state index in [4.69, 9.17) is 79.5 Å². The van der Waals surface area contributed by atoms with Gasteiger partial charge in [0.25, 0.3) is 0 Å². The maximum atomic E-state index is 12.2. The number of carbonyl (C=O) groups is 15. The van der Waals surface area contributed by atoms with Crippen molar-refractivity contribution in [3.05, 3.63) is 144 Å². The third-order valence-electron chi connectivity index (χ3n) is 19.9. The van der Waals surface area contributed by atoms with E-state index in [2.05, 4.69) is 28.8 Å². The van der Waals surface area contributed by atoms with E-state index in [1.165, 1.54) is 29.4 Å². The van der Waals surface area contributed by atoms with Crippen LogP contribution in [-0.2, 0) is 138 Å². The van der Waals surface area contributed by atoms with Crippen molar-refractivity contribution in [1.82, 2.24) is 19.5 Å². The minimum absolute atomic E-state index is 0. The number of aromatic nitrogens is 4. The zero-order valence-electron chi connectivity index (χ0n) is 71.0. The molecule has 0 aromatic carbocycles. The van der Waals surface area contributed by atoms with Crippen LogP contribution in [0, 0.1) is 37.9 Å². The third kappa shape index (κ3) is 28.2. The van der Waals surface area contributed by atoms with E-state index in [-0.39, 0.29) is 213 Å². The number of nitrogens with zero attached hydrogens (tertiary/aromatic N) is 1. The molecule has 13 rings (SSSR count). The molecule has 0 spiro atoms. The van der Waals surface area contributed by atoms with Crippen LogP contribution in [0.15, 0.2) is 46.8 Å². The maximum Gasteiger partial charge on any atom is 0.418 e. The molecule has 8 aliphatic rings. The number of furan rings is 1. The molecular weight excluding hydrogens is 2130 g/mol. The fraction of sp³-hybridized carbons (Fsp3) is 0.560. The maximum absolute atomic E-state index is 12.2. The number of halogens is 3. The average Bonchev–Trinajstić information content (AvgIpc) is 1.57. The number of Topliss-reactive ketones (excluding diaryl/α,β-unsaturated/α-hetero) is 8. The van der Waals surface area contributed by atoms with Gasteiger partial charge in [-0.1, -0.05) is 132 Å². The molecule has 2 amide bonds. The number of aromatic amines is 3. The van der Waals surface area contributed by atoms with Gasteiger partial charge in [-0.05, 0) is 91.3 Å². The molecule has 120 heavy (non-hydrogen) atoms. The van der Waals surface area contributed by atoms with Crippen molar-refractivity contribution < 1.29 is 173 Å². The quantitative estimate of drug-likeness (QED) is 0.0375. The monoisotopic (exact) mass is 2240 g/mol. The molecule has 0 bridgehead atoms. The van der Waals surface area contributed by atoms with Gasteiger partial charge >= 0.3 is 30.0 Å². The van der Waals surface area contributed by atoms with Crippen LogP contribution >= 0.6 is 34.8 Å². The Morgan fingerprint density at radius 3 is 1.23 bits per heavy atom.